The number of methoxy groups -OCH3 is 2. The predicted octanol–water partition coefficient (Wildman–Crippen LogP) is 2.53. The van der Waals surface area contributed by atoms with Crippen molar-refractivity contribution >= 4 is 23.3 Å². The average molecular weight is 302 g/mol. The van der Waals surface area contributed by atoms with Crippen molar-refractivity contribution in [2.24, 2.45) is 0 Å². The van der Waals surface area contributed by atoms with Crippen LogP contribution in [0.4, 0.5) is 5.69 Å². The molecular formula is C14H20ClNO4. The number of nitrogens with zero attached hydrogens (tertiary/aromatic N) is 1. The lowest BCUT2D eigenvalue weighted by Gasteiger charge is -2.32. The van der Waals surface area contributed by atoms with Gasteiger partial charge in [0.1, 0.15) is 5.56 Å². The summed E-state index contributed by atoms with van der Waals surface area (Å²) in [5.74, 6) is -1.04. The van der Waals surface area contributed by atoms with Gasteiger partial charge in [0.15, 0.2) is 0 Å². The number of carbonyl (C=O) groups is 1. The number of anilines is 1. The van der Waals surface area contributed by atoms with Gasteiger partial charge in [-0.25, -0.2) is 4.79 Å². The van der Waals surface area contributed by atoms with Gasteiger partial charge in [-0.15, -0.1) is 0 Å². The largest absolute Gasteiger partial charge is 0.478 e. The van der Waals surface area contributed by atoms with Crippen molar-refractivity contribution in [3.05, 3.63) is 28.8 Å². The third-order valence-corrected chi connectivity index (χ3v) is 3.31. The number of ether oxygens (including phenoxy) is 2. The van der Waals surface area contributed by atoms with Crippen LogP contribution in [-0.2, 0) is 9.47 Å². The Morgan fingerprint density at radius 3 is 2.65 bits per heavy atom. The lowest BCUT2D eigenvalue weighted by atomic mass is 10.1. The van der Waals surface area contributed by atoms with Crippen LogP contribution in [0.25, 0.3) is 0 Å². The first-order valence-corrected chi connectivity index (χ1v) is 6.67. The third-order valence-electron chi connectivity index (χ3n) is 2.99. The summed E-state index contributed by atoms with van der Waals surface area (Å²) in [4.78, 5) is 13.4. The Hall–Kier alpha value is -1.30. The molecule has 0 aliphatic rings. The molecule has 0 aromatic heterocycles. The first-order chi connectivity index (χ1) is 9.52. The highest BCUT2D eigenvalue weighted by molar-refractivity contribution is 6.34. The highest BCUT2D eigenvalue weighted by Crippen LogP contribution is 2.29. The number of aromatic carboxylic acids is 1. The Labute approximate surface area is 124 Å². The molecule has 1 unspecified atom stereocenters. The summed E-state index contributed by atoms with van der Waals surface area (Å²) >= 11 is 6.01. The van der Waals surface area contributed by atoms with Crippen molar-refractivity contribution in [2.45, 2.75) is 13.0 Å². The maximum absolute atomic E-state index is 11.4. The lowest BCUT2D eigenvalue weighted by molar-refractivity contribution is 0.0697. The summed E-state index contributed by atoms with van der Waals surface area (Å²) in [5, 5.41) is 9.58. The molecule has 0 aliphatic carbocycles. The van der Waals surface area contributed by atoms with E-state index in [2.05, 4.69) is 0 Å². The zero-order valence-corrected chi connectivity index (χ0v) is 12.7. The third kappa shape index (κ3) is 4.10. The molecule has 0 spiro atoms. The van der Waals surface area contributed by atoms with E-state index in [0.29, 0.717) is 25.4 Å². The van der Waals surface area contributed by atoms with Gasteiger partial charge in [-0.2, -0.15) is 0 Å². The van der Waals surface area contributed by atoms with E-state index in [1.165, 1.54) is 0 Å². The van der Waals surface area contributed by atoms with Gasteiger partial charge >= 0.3 is 5.97 Å². The van der Waals surface area contributed by atoms with Crippen molar-refractivity contribution in [3.8, 4) is 0 Å². The smallest absolute Gasteiger partial charge is 0.339 e. The Kier molecular flexibility index (Phi) is 6.78. The van der Waals surface area contributed by atoms with Crippen LogP contribution in [0.1, 0.15) is 17.3 Å². The molecule has 0 amide bonds. The van der Waals surface area contributed by atoms with Crippen molar-refractivity contribution < 1.29 is 19.4 Å². The number of rotatable bonds is 8. The monoisotopic (exact) mass is 301 g/mol. The maximum atomic E-state index is 11.4. The number of benzene rings is 1. The molecule has 0 aliphatic heterocycles. The van der Waals surface area contributed by atoms with Gasteiger partial charge in [0.25, 0.3) is 0 Å². The normalized spacial score (nSPS) is 12.2. The van der Waals surface area contributed by atoms with Crippen LogP contribution < -0.4 is 4.90 Å². The molecule has 5 nitrogen and oxygen atoms in total. The summed E-state index contributed by atoms with van der Waals surface area (Å²) in [7, 11) is 3.22. The fourth-order valence-corrected chi connectivity index (χ4v) is 2.31. The molecule has 0 fully saturated rings. The van der Waals surface area contributed by atoms with Crippen LogP contribution in [0.2, 0.25) is 5.02 Å². The second-order valence-corrected chi connectivity index (χ2v) is 4.84. The fourth-order valence-electron chi connectivity index (χ4n) is 2.06. The molecule has 0 saturated carbocycles. The molecule has 0 saturated heterocycles. The molecule has 1 atom stereocenters. The van der Waals surface area contributed by atoms with E-state index >= 15 is 0 Å². The summed E-state index contributed by atoms with van der Waals surface area (Å²) < 4.78 is 10.2. The highest BCUT2D eigenvalue weighted by atomic mass is 35.5. The Bertz CT molecular complexity index is 453. The van der Waals surface area contributed by atoms with Crippen molar-refractivity contribution in [2.75, 3.05) is 38.9 Å². The molecule has 1 rings (SSSR count). The van der Waals surface area contributed by atoms with Crippen molar-refractivity contribution in [1.82, 2.24) is 0 Å². The molecule has 112 valence electrons. The second kappa shape index (κ2) is 8.09. The molecule has 6 heteroatoms. The Balaban J connectivity index is 3.18. The number of carboxylic acids is 1. The summed E-state index contributed by atoms with van der Waals surface area (Å²) in [6.07, 6.45) is 0. The Morgan fingerprint density at radius 1 is 1.40 bits per heavy atom. The van der Waals surface area contributed by atoms with Crippen LogP contribution in [-0.4, -0.2) is 51.1 Å². The number of hydrogen-bond acceptors (Lipinski definition) is 4. The molecule has 1 aromatic rings. The molecular weight excluding hydrogens is 282 g/mol. The van der Waals surface area contributed by atoms with Gasteiger partial charge in [-0.1, -0.05) is 17.7 Å². The van der Waals surface area contributed by atoms with E-state index in [0.717, 1.165) is 0 Å². The number of halogens is 1. The molecule has 20 heavy (non-hydrogen) atoms. The molecule has 1 aromatic carbocycles. The average Bonchev–Trinajstić information content (AvgIpc) is 2.39. The lowest BCUT2D eigenvalue weighted by Crippen LogP contribution is -2.39. The van der Waals surface area contributed by atoms with Gasteiger partial charge in [-0.05, 0) is 19.1 Å². The van der Waals surface area contributed by atoms with Crippen molar-refractivity contribution in [1.29, 1.82) is 0 Å². The Morgan fingerprint density at radius 2 is 2.10 bits per heavy atom. The topological polar surface area (TPSA) is 59.0 Å². The summed E-state index contributed by atoms with van der Waals surface area (Å²) in [6.45, 7) is 3.49. The van der Waals surface area contributed by atoms with Gasteiger partial charge in [-0.3, -0.25) is 0 Å². The quantitative estimate of drug-likeness (QED) is 0.799. The zero-order valence-electron chi connectivity index (χ0n) is 11.9. The van der Waals surface area contributed by atoms with E-state index in [4.69, 9.17) is 21.1 Å². The molecule has 0 bridgehead atoms. The van der Waals surface area contributed by atoms with E-state index in [-0.39, 0.29) is 16.6 Å². The van der Waals surface area contributed by atoms with Crippen LogP contribution in [0.3, 0.4) is 0 Å². The predicted molar refractivity (Wildman–Crippen MR) is 79.0 cm³/mol. The van der Waals surface area contributed by atoms with E-state index in [1.54, 1.807) is 32.4 Å². The van der Waals surface area contributed by atoms with Gasteiger partial charge in [0.2, 0.25) is 0 Å². The maximum Gasteiger partial charge on any atom is 0.339 e. The zero-order chi connectivity index (χ0) is 15.1. The second-order valence-electron chi connectivity index (χ2n) is 4.43. The van der Waals surface area contributed by atoms with E-state index < -0.39 is 5.97 Å². The number of hydrogen-bond donors (Lipinski definition) is 1. The standard InChI is InChI=1S/C14H20ClNO4/c1-10(9-20-3)16(7-8-19-2)12-6-4-5-11(15)13(12)14(17)18/h4-6,10H,7-9H2,1-3H3,(H,17,18). The summed E-state index contributed by atoms with van der Waals surface area (Å²) in [6, 6.07) is 5.07. The molecule has 0 heterocycles. The highest BCUT2D eigenvalue weighted by Gasteiger charge is 2.22. The van der Waals surface area contributed by atoms with Crippen LogP contribution in [0.5, 0.6) is 0 Å². The van der Waals surface area contributed by atoms with E-state index in [9.17, 15) is 9.90 Å². The van der Waals surface area contributed by atoms with Crippen molar-refractivity contribution in [3.63, 3.8) is 0 Å². The van der Waals surface area contributed by atoms with Gasteiger partial charge in [0.05, 0.1) is 23.9 Å². The minimum absolute atomic E-state index is 0.00622. The van der Waals surface area contributed by atoms with E-state index in [1.807, 2.05) is 11.8 Å². The van der Waals surface area contributed by atoms with Gasteiger partial charge in [0, 0.05) is 26.8 Å². The minimum Gasteiger partial charge on any atom is -0.478 e. The van der Waals surface area contributed by atoms with Crippen LogP contribution in [0.15, 0.2) is 18.2 Å². The first kappa shape index (κ1) is 16.8. The molecule has 1 N–H and O–H groups in total. The first-order valence-electron chi connectivity index (χ1n) is 6.29. The SMILES string of the molecule is COCCN(c1cccc(Cl)c1C(=O)O)C(C)COC. The minimum atomic E-state index is -1.04. The number of carboxylic acid groups (broad SMARTS) is 1. The fraction of sp³-hybridized carbons (Fsp3) is 0.500. The summed E-state index contributed by atoms with van der Waals surface area (Å²) in [5.41, 5.74) is 0.680. The van der Waals surface area contributed by atoms with Crippen LogP contribution in [0, 0.1) is 0 Å². The van der Waals surface area contributed by atoms with Crippen LogP contribution >= 0.6 is 11.6 Å². The molecule has 0 radical (unpaired) electrons. The van der Waals surface area contributed by atoms with Gasteiger partial charge < -0.3 is 19.5 Å².